The Bertz CT molecular complexity index is 498. The van der Waals surface area contributed by atoms with Crippen molar-refractivity contribution in [3.05, 3.63) is 35.4 Å². The summed E-state index contributed by atoms with van der Waals surface area (Å²) in [6.07, 6.45) is -0.499. The number of morpholine rings is 1. The Balaban J connectivity index is 2.06. The third kappa shape index (κ3) is 3.46. The number of ether oxygens (including phenoxy) is 1. The second-order valence-electron chi connectivity index (χ2n) is 4.91. The normalized spacial score (nSPS) is 22.9. The molecule has 1 fully saturated rings. The average molecular weight is 304 g/mol. The van der Waals surface area contributed by atoms with Gasteiger partial charge in [0, 0.05) is 18.7 Å². The van der Waals surface area contributed by atoms with E-state index in [4.69, 9.17) is 16.3 Å². The highest BCUT2D eigenvalue weighted by Crippen LogP contribution is 2.16. The van der Waals surface area contributed by atoms with Crippen molar-refractivity contribution in [1.82, 2.24) is 4.90 Å². The number of halogens is 3. The molecule has 0 aliphatic carbocycles. The number of carbonyl (C=O) groups excluding carboxylic acids is 1. The van der Waals surface area contributed by atoms with Crippen LogP contribution in [0.5, 0.6) is 0 Å². The molecule has 0 bridgehead atoms. The smallest absolute Gasteiger partial charge is 0.227 e. The monoisotopic (exact) mass is 303 g/mol. The molecule has 1 amide bonds. The minimum Gasteiger partial charge on any atom is -0.370 e. The SMILES string of the molecule is CC1CN(C(=O)Cc2cccc(F)c2F)CC(CCl)O1. The molecule has 0 aromatic heterocycles. The number of alkyl halides is 1. The van der Waals surface area contributed by atoms with Gasteiger partial charge in [0.1, 0.15) is 0 Å². The lowest BCUT2D eigenvalue weighted by molar-refractivity contribution is -0.142. The van der Waals surface area contributed by atoms with E-state index in [-0.39, 0.29) is 30.1 Å². The maximum absolute atomic E-state index is 13.6. The van der Waals surface area contributed by atoms with Crippen LogP contribution in [-0.4, -0.2) is 42.0 Å². The molecule has 1 saturated heterocycles. The van der Waals surface area contributed by atoms with Gasteiger partial charge in [-0.3, -0.25) is 4.79 Å². The van der Waals surface area contributed by atoms with E-state index in [1.807, 2.05) is 6.92 Å². The second kappa shape index (κ2) is 6.50. The van der Waals surface area contributed by atoms with Crippen molar-refractivity contribution in [2.24, 2.45) is 0 Å². The molecule has 0 N–H and O–H groups in total. The minimum absolute atomic E-state index is 0.0663. The fourth-order valence-corrected chi connectivity index (χ4v) is 2.46. The lowest BCUT2D eigenvalue weighted by Crippen LogP contribution is -2.50. The summed E-state index contributed by atoms with van der Waals surface area (Å²) in [4.78, 5) is 13.8. The van der Waals surface area contributed by atoms with E-state index in [0.29, 0.717) is 19.0 Å². The van der Waals surface area contributed by atoms with Crippen molar-refractivity contribution in [1.29, 1.82) is 0 Å². The van der Waals surface area contributed by atoms with E-state index in [0.717, 1.165) is 6.07 Å². The first-order chi connectivity index (χ1) is 9.51. The van der Waals surface area contributed by atoms with Crippen LogP contribution in [0.25, 0.3) is 0 Å². The van der Waals surface area contributed by atoms with E-state index in [1.165, 1.54) is 12.1 Å². The van der Waals surface area contributed by atoms with Gasteiger partial charge in [-0.05, 0) is 13.0 Å². The largest absolute Gasteiger partial charge is 0.370 e. The van der Waals surface area contributed by atoms with Crippen LogP contribution >= 0.6 is 11.6 Å². The molecule has 0 spiro atoms. The van der Waals surface area contributed by atoms with Gasteiger partial charge in [0.15, 0.2) is 11.6 Å². The van der Waals surface area contributed by atoms with E-state index in [2.05, 4.69) is 0 Å². The molecular formula is C14H16ClF2NO2. The number of carbonyl (C=O) groups is 1. The first-order valence-corrected chi connectivity index (χ1v) is 6.96. The predicted octanol–water partition coefficient (Wildman–Crippen LogP) is 2.36. The highest BCUT2D eigenvalue weighted by Gasteiger charge is 2.28. The van der Waals surface area contributed by atoms with Crippen LogP contribution in [0.1, 0.15) is 12.5 Å². The van der Waals surface area contributed by atoms with Crippen LogP contribution in [0.15, 0.2) is 18.2 Å². The fourth-order valence-electron chi connectivity index (χ4n) is 2.29. The summed E-state index contributed by atoms with van der Waals surface area (Å²) >= 11 is 5.75. The molecule has 1 aliphatic heterocycles. The Labute approximate surface area is 121 Å². The Hall–Kier alpha value is -1.20. The highest BCUT2D eigenvalue weighted by molar-refractivity contribution is 6.18. The van der Waals surface area contributed by atoms with Crippen LogP contribution in [0, 0.1) is 11.6 Å². The first kappa shape index (κ1) is 15.2. The van der Waals surface area contributed by atoms with Gasteiger partial charge in [0.25, 0.3) is 0 Å². The van der Waals surface area contributed by atoms with Crippen LogP contribution in [-0.2, 0) is 16.0 Å². The van der Waals surface area contributed by atoms with Crippen LogP contribution in [0.2, 0.25) is 0 Å². The highest BCUT2D eigenvalue weighted by atomic mass is 35.5. The van der Waals surface area contributed by atoms with E-state index in [1.54, 1.807) is 4.90 Å². The van der Waals surface area contributed by atoms with Crippen molar-refractivity contribution in [2.45, 2.75) is 25.6 Å². The zero-order valence-corrected chi connectivity index (χ0v) is 11.9. The zero-order chi connectivity index (χ0) is 14.7. The molecule has 0 saturated carbocycles. The van der Waals surface area contributed by atoms with Gasteiger partial charge in [-0.2, -0.15) is 0 Å². The van der Waals surface area contributed by atoms with Crippen molar-refractivity contribution in [2.75, 3.05) is 19.0 Å². The van der Waals surface area contributed by atoms with E-state index >= 15 is 0 Å². The van der Waals surface area contributed by atoms with Crippen molar-refractivity contribution >= 4 is 17.5 Å². The third-order valence-electron chi connectivity index (χ3n) is 3.22. The molecule has 2 unspecified atom stereocenters. The number of hydrogen-bond acceptors (Lipinski definition) is 2. The number of benzene rings is 1. The Morgan fingerprint density at radius 3 is 2.90 bits per heavy atom. The van der Waals surface area contributed by atoms with Gasteiger partial charge < -0.3 is 9.64 Å². The second-order valence-corrected chi connectivity index (χ2v) is 5.22. The Morgan fingerprint density at radius 1 is 1.45 bits per heavy atom. The summed E-state index contributed by atoms with van der Waals surface area (Å²) in [5, 5.41) is 0. The van der Waals surface area contributed by atoms with Crippen molar-refractivity contribution in [3.8, 4) is 0 Å². The van der Waals surface area contributed by atoms with E-state index in [9.17, 15) is 13.6 Å². The molecule has 0 radical (unpaired) electrons. The quantitative estimate of drug-likeness (QED) is 0.802. The standard InChI is InChI=1S/C14H16ClF2NO2/c1-9-7-18(8-11(6-15)20-9)13(19)5-10-3-2-4-12(16)14(10)17/h2-4,9,11H,5-8H2,1H3. The molecule has 1 aromatic rings. The molecule has 20 heavy (non-hydrogen) atoms. The van der Waals surface area contributed by atoms with Gasteiger partial charge in [0.05, 0.1) is 24.5 Å². The maximum Gasteiger partial charge on any atom is 0.227 e. The molecule has 110 valence electrons. The number of amides is 1. The topological polar surface area (TPSA) is 29.5 Å². The summed E-state index contributed by atoms with van der Waals surface area (Å²) in [7, 11) is 0. The third-order valence-corrected chi connectivity index (χ3v) is 3.57. The van der Waals surface area contributed by atoms with Crippen LogP contribution in [0.4, 0.5) is 8.78 Å². The summed E-state index contributed by atoms with van der Waals surface area (Å²) < 4.78 is 32.2. The van der Waals surface area contributed by atoms with Crippen LogP contribution < -0.4 is 0 Å². The van der Waals surface area contributed by atoms with Gasteiger partial charge in [0.2, 0.25) is 5.91 Å². The molecular weight excluding hydrogens is 288 g/mol. The lowest BCUT2D eigenvalue weighted by Gasteiger charge is -2.36. The van der Waals surface area contributed by atoms with Gasteiger partial charge >= 0.3 is 0 Å². The number of hydrogen-bond donors (Lipinski definition) is 0. The van der Waals surface area contributed by atoms with Gasteiger partial charge in [-0.15, -0.1) is 11.6 Å². The Morgan fingerprint density at radius 2 is 2.20 bits per heavy atom. The van der Waals surface area contributed by atoms with E-state index < -0.39 is 11.6 Å². The van der Waals surface area contributed by atoms with Crippen LogP contribution in [0.3, 0.4) is 0 Å². The molecule has 6 heteroatoms. The zero-order valence-electron chi connectivity index (χ0n) is 11.1. The van der Waals surface area contributed by atoms with Gasteiger partial charge in [-0.25, -0.2) is 8.78 Å². The summed E-state index contributed by atoms with van der Waals surface area (Å²) in [5.41, 5.74) is 0.0663. The molecule has 3 nitrogen and oxygen atoms in total. The molecule has 1 aromatic carbocycles. The Kier molecular flexibility index (Phi) is 4.94. The predicted molar refractivity (Wildman–Crippen MR) is 71.7 cm³/mol. The molecule has 1 aliphatic rings. The van der Waals surface area contributed by atoms with Gasteiger partial charge in [-0.1, -0.05) is 12.1 Å². The fraction of sp³-hybridized carbons (Fsp3) is 0.500. The summed E-state index contributed by atoms with van der Waals surface area (Å²) in [5.74, 6) is -1.86. The van der Waals surface area contributed by atoms with Crippen molar-refractivity contribution < 1.29 is 18.3 Å². The van der Waals surface area contributed by atoms with Crippen molar-refractivity contribution in [3.63, 3.8) is 0 Å². The summed E-state index contributed by atoms with van der Waals surface area (Å²) in [6.45, 7) is 2.66. The molecule has 1 heterocycles. The first-order valence-electron chi connectivity index (χ1n) is 6.43. The number of nitrogens with zero attached hydrogens (tertiary/aromatic N) is 1. The average Bonchev–Trinajstić information content (AvgIpc) is 2.43. The summed E-state index contributed by atoms with van der Waals surface area (Å²) in [6, 6.07) is 3.84. The molecule has 2 rings (SSSR count). The lowest BCUT2D eigenvalue weighted by atomic mass is 10.1. The molecule has 2 atom stereocenters. The minimum atomic E-state index is -0.962. The maximum atomic E-state index is 13.6. The number of rotatable bonds is 3.